The first-order valence-corrected chi connectivity index (χ1v) is 14.8. The number of ether oxygens (including phenoxy) is 2. The molecule has 0 N–H and O–H groups in total. The lowest BCUT2D eigenvalue weighted by atomic mass is 9.55. The maximum Gasteiger partial charge on any atom is 0.269 e. The Kier molecular flexibility index (Phi) is 6.72. The zero-order valence-electron chi connectivity index (χ0n) is 22.8. The van der Waals surface area contributed by atoms with Crippen molar-refractivity contribution in [2.45, 2.75) is 18.4 Å². The first kappa shape index (κ1) is 27.3. The van der Waals surface area contributed by atoms with Crippen LogP contribution in [0.1, 0.15) is 45.2 Å². The van der Waals surface area contributed by atoms with Gasteiger partial charge in [0.1, 0.15) is 6.61 Å². The average molecular weight is 685 g/mol. The summed E-state index contributed by atoms with van der Waals surface area (Å²) in [6.45, 7) is 0.185. The van der Waals surface area contributed by atoms with Crippen LogP contribution < -0.4 is 9.47 Å². The molecule has 214 valence electrons. The molecule has 4 aliphatic rings. The van der Waals surface area contributed by atoms with Crippen molar-refractivity contribution in [1.82, 2.24) is 5.01 Å². The minimum Gasteiger partial charge on any atom is -0.493 e. The van der Waals surface area contributed by atoms with Gasteiger partial charge in [-0.15, -0.1) is 0 Å². The molecule has 0 saturated carbocycles. The summed E-state index contributed by atoms with van der Waals surface area (Å²) in [5, 5.41) is 16.4. The Morgan fingerprint density at radius 3 is 1.91 bits per heavy atom. The number of imide groups is 1. The van der Waals surface area contributed by atoms with Crippen molar-refractivity contribution in [2.24, 2.45) is 16.9 Å². The van der Waals surface area contributed by atoms with Gasteiger partial charge in [-0.05, 0) is 80.2 Å². The fourth-order valence-electron chi connectivity index (χ4n) is 6.72. The summed E-state index contributed by atoms with van der Waals surface area (Å²) in [5.41, 5.74) is 5.86. The monoisotopic (exact) mass is 685 g/mol. The number of hydrogen-bond acceptors (Lipinski definition) is 7. The molecule has 2 amide bonds. The molecule has 4 aromatic rings. The van der Waals surface area contributed by atoms with Crippen LogP contribution in [-0.4, -0.2) is 35.1 Å². The summed E-state index contributed by atoms with van der Waals surface area (Å²) in [6, 6.07) is 25.9. The van der Waals surface area contributed by atoms with Crippen LogP contribution in [0.3, 0.4) is 0 Å². The molecule has 43 heavy (non-hydrogen) atoms. The van der Waals surface area contributed by atoms with Crippen LogP contribution in [0.25, 0.3) is 0 Å². The first-order chi connectivity index (χ1) is 20.9. The highest BCUT2D eigenvalue weighted by atomic mass is 127. The van der Waals surface area contributed by atoms with Crippen molar-refractivity contribution in [1.29, 1.82) is 0 Å². The number of benzene rings is 4. The SMILES string of the molecule is COc1cc(/C=N\N2C(=O)[C@@H]3C4c5ccccc5C(c5ccccc54)[C@H]3C2=O)cc(I)c1OCc1ccc([N+](=O)[O-])cc1. The Bertz CT molecular complexity index is 1720. The highest BCUT2D eigenvalue weighted by Crippen LogP contribution is 2.61. The molecule has 1 fully saturated rings. The van der Waals surface area contributed by atoms with Crippen molar-refractivity contribution in [3.8, 4) is 11.5 Å². The van der Waals surface area contributed by atoms with E-state index in [0.29, 0.717) is 17.1 Å². The first-order valence-electron chi connectivity index (χ1n) is 13.7. The number of non-ortho nitro benzene ring substituents is 1. The molecule has 0 radical (unpaired) electrons. The average Bonchev–Trinajstić information content (AvgIpc) is 3.28. The highest BCUT2D eigenvalue weighted by Gasteiger charge is 2.61. The van der Waals surface area contributed by atoms with Crippen LogP contribution in [0, 0.1) is 25.5 Å². The van der Waals surface area contributed by atoms with Crippen molar-refractivity contribution in [2.75, 3.05) is 7.11 Å². The van der Waals surface area contributed by atoms with Gasteiger partial charge in [-0.25, -0.2) is 0 Å². The quantitative estimate of drug-likeness (QED) is 0.0775. The minimum absolute atomic E-state index is 0.00972. The van der Waals surface area contributed by atoms with Crippen LogP contribution in [0.5, 0.6) is 11.5 Å². The van der Waals surface area contributed by atoms with E-state index in [1.165, 1.54) is 25.5 Å². The molecule has 1 heterocycles. The molecule has 1 aliphatic heterocycles. The van der Waals surface area contributed by atoms with Crippen LogP contribution in [0.15, 0.2) is 90.0 Å². The van der Waals surface area contributed by atoms with Crippen LogP contribution in [0.2, 0.25) is 0 Å². The highest BCUT2D eigenvalue weighted by molar-refractivity contribution is 14.1. The molecular weight excluding hydrogens is 661 g/mol. The second-order valence-electron chi connectivity index (χ2n) is 10.7. The van der Waals surface area contributed by atoms with Crippen molar-refractivity contribution in [3.63, 3.8) is 0 Å². The summed E-state index contributed by atoms with van der Waals surface area (Å²) in [6.07, 6.45) is 1.50. The van der Waals surface area contributed by atoms with Gasteiger partial charge in [-0.2, -0.15) is 10.1 Å². The smallest absolute Gasteiger partial charge is 0.269 e. The number of amides is 2. The van der Waals surface area contributed by atoms with Crippen molar-refractivity contribution < 1.29 is 24.0 Å². The number of hydrogen-bond donors (Lipinski definition) is 0. The number of methoxy groups -OCH3 is 1. The maximum atomic E-state index is 13.8. The molecular formula is C33H24IN3O6. The second kappa shape index (κ2) is 10.6. The van der Waals surface area contributed by atoms with E-state index in [1.807, 2.05) is 30.3 Å². The molecule has 2 bridgehead atoms. The lowest BCUT2D eigenvalue weighted by Crippen LogP contribution is -2.41. The number of halogens is 1. The third kappa shape index (κ3) is 4.39. The third-order valence-electron chi connectivity index (χ3n) is 8.53. The fourth-order valence-corrected chi connectivity index (χ4v) is 7.50. The van der Waals surface area contributed by atoms with E-state index in [-0.39, 0.29) is 35.9 Å². The minimum atomic E-state index is -0.496. The second-order valence-corrected chi connectivity index (χ2v) is 11.9. The molecule has 3 aliphatic carbocycles. The number of carbonyl (C=O) groups excluding carboxylic acids is 2. The number of nitro groups is 1. The van der Waals surface area contributed by atoms with Gasteiger partial charge >= 0.3 is 0 Å². The summed E-state index contributed by atoms with van der Waals surface area (Å²) in [5.74, 6) is -0.977. The predicted octanol–water partition coefficient (Wildman–Crippen LogP) is 6.01. The predicted molar refractivity (Wildman–Crippen MR) is 166 cm³/mol. The normalized spacial score (nSPS) is 21.5. The van der Waals surface area contributed by atoms with Gasteiger partial charge in [0.05, 0.1) is 33.7 Å². The molecule has 1 saturated heterocycles. The number of hydrazone groups is 1. The Balaban J connectivity index is 1.14. The van der Waals surface area contributed by atoms with E-state index < -0.39 is 16.8 Å². The van der Waals surface area contributed by atoms with Crippen LogP contribution in [-0.2, 0) is 16.2 Å². The number of nitrogens with zero attached hydrogens (tertiary/aromatic N) is 3. The Morgan fingerprint density at radius 1 is 0.884 bits per heavy atom. The van der Waals surface area contributed by atoms with E-state index in [4.69, 9.17) is 9.47 Å². The van der Waals surface area contributed by atoms with Gasteiger partial charge in [-0.1, -0.05) is 48.5 Å². The summed E-state index contributed by atoms with van der Waals surface area (Å²) in [4.78, 5) is 38.1. The standard InChI is InChI=1S/C33H24IN3O6/c1-42-26-15-19(14-25(34)31(26)43-17-18-10-12-20(13-11-18)37(40)41)16-35-36-32(38)29-27-21-6-2-3-7-22(21)28(30(29)33(36)39)24-9-5-4-8-23(24)27/h2-16,27-30H,17H2,1H3/b35-16-/t27?,28?,29-,30-/m1/s1. The van der Waals surface area contributed by atoms with Gasteiger partial charge in [-0.3, -0.25) is 19.7 Å². The Morgan fingerprint density at radius 2 is 1.42 bits per heavy atom. The third-order valence-corrected chi connectivity index (χ3v) is 9.33. The van der Waals surface area contributed by atoms with Crippen molar-refractivity contribution in [3.05, 3.63) is 132 Å². The Labute approximate surface area is 260 Å². The summed E-state index contributed by atoms with van der Waals surface area (Å²) >= 11 is 2.13. The van der Waals surface area contributed by atoms with Crippen molar-refractivity contribution >= 4 is 46.3 Å². The molecule has 10 heteroatoms. The lowest BCUT2D eigenvalue weighted by molar-refractivity contribution is -0.384. The number of nitro benzene ring substituents is 1. The fraction of sp³-hybridized carbons (Fsp3) is 0.182. The largest absolute Gasteiger partial charge is 0.493 e. The van der Waals surface area contributed by atoms with Crippen LogP contribution >= 0.6 is 22.6 Å². The van der Waals surface area contributed by atoms with E-state index in [1.54, 1.807) is 18.2 Å². The van der Waals surface area contributed by atoms with Gasteiger partial charge in [0.25, 0.3) is 17.5 Å². The molecule has 2 atom stereocenters. The zero-order chi connectivity index (χ0) is 29.8. The summed E-state index contributed by atoms with van der Waals surface area (Å²) < 4.78 is 12.3. The zero-order valence-corrected chi connectivity index (χ0v) is 25.0. The Hall–Kier alpha value is -4.58. The van der Waals surface area contributed by atoms with Crippen LogP contribution in [0.4, 0.5) is 5.69 Å². The van der Waals surface area contributed by atoms with Gasteiger partial charge in [0, 0.05) is 24.0 Å². The molecule has 4 aromatic carbocycles. The van der Waals surface area contributed by atoms with Gasteiger partial charge in [0.2, 0.25) is 0 Å². The lowest BCUT2D eigenvalue weighted by Gasteiger charge is -2.45. The van der Waals surface area contributed by atoms with Gasteiger partial charge < -0.3 is 9.47 Å². The molecule has 0 unspecified atom stereocenters. The maximum absolute atomic E-state index is 13.8. The van der Waals surface area contributed by atoms with E-state index in [0.717, 1.165) is 36.4 Å². The van der Waals surface area contributed by atoms with E-state index in [2.05, 4.69) is 52.0 Å². The molecule has 0 aromatic heterocycles. The topological polar surface area (TPSA) is 111 Å². The molecule has 9 nitrogen and oxygen atoms in total. The van der Waals surface area contributed by atoms with Gasteiger partial charge in [0.15, 0.2) is 11.5 Å². The molecule has 8 rings (SSSR count). The number of carbonyl (C=O) groups is 2. The van der Waals surface area contributed by atoms with E-state index >= 15 is 0 Å². The van der Waals surface area contributed by atoms with E-state index in [9.17, 15) is 19.7 Å². The summed E-state index contributed by atoms with van der Waals surface area (Å²) in [7, 11) is 1.52. The molecule has 0 spiro atoms. The number of rotatable bonds is 7.